The Hall–Kier alpha value is -6.34. The number of pyridine rings is 1. The molecular formula is C39H26N4O3. The van der Waals surface area contributed by atoms with Crippen molar-refractivity contribution in [2.24, 2.45) is 7.05 Å². The van der Waals surface area contributed by atoms with Gasteiger partial charge in [-0.3, -0.25) is 9.58 Å². The molecule has 0 saturated heterocycles. The fourth-order valence-electron chi connectivity index (χ4n) is 6.29. The zero-order valence-electron chi connectivity index (χ0n) is 24.8. The highest BCUT2D eigenvalue weighted by Crippen LogP contribution is 2.46. The van der Waals surface area contributed by atoms with Crippen LogP contribution in [0.5, 0.6) is 11.5 Å². The molecule has 4 aromatic heterocycles. The number of rotatable bonds is 6. The third kappa shape index (κ3) is 4.29. The molecule has 0 fully saturated rings. The highest BCUT2D eigenvalue weighted by molar-refractivity contribution is 6.14. The molecule has 0 bridgehead atoms. The number of benzene rings is 5. The van der Waals surface area contributed by atoms with E-state index in [0.29, 0.717) is 17.1 Å². The number of aryl methyl sites for hydroxylation is 1. The Morgan fingerprint density at radius 3 is 1.98 bits per heavy atom. The van der Waals surface area contributed by atoms with Crippen LogP contribution in [0.2, 0.25) is 0 Å². The van der Waals surface area contributed by atoms with Crippen LogP contribution in [0.15, 0.2) is 149 Å². The van der Waals surface area contributed by atoms with E-state index in [9.17, 15) is 0 Å². The van der Waals surface area contributed by atoms with Crippen molar-refractivity contribution in [1.29, 1.82) is 0 Å². The van der Waals surface area contributed by atoms with Crippen molar-refractivity contribution in [2.75, 3.05) is 4.90 Å². The van der Waals surface area contributed by atoms with E-state index in [1.807, 2.05) is 110 Å². The molecule has 9 aromatic rings. The number of para-hydroxylation sites is 3. The van der Waals surface area contributed by atoms with Crippen molar-refractivity contribution in [3.63, 3.8) is 0 Å². The largest absolute Gasteiger partial charge is 0.457 e. The summed E-state index contributed by atoms with van der Waals surface area (Å²) in [6.45, 7) is 0. The minimum absolute atomic E-state index is 0.612. The average molecular weight is 599 g/mol. The third-order valence-electron chi connectivity index (χ3n) is 8.24. The van der Waals surface area contributed by atoms with Gasteiger partial charge in [0, 0.05) is 65.0 Å². The van der Waals surface area contributed by atoms with Gasteiger partial charge in [0.1, 0.15) is 39.6 Å². The predicted octanol–water partition coefficient (Wildman–Crippen LogP) is 10.5. The van der Waals surface area contributed by atoms with Crippen LogP contribution >= 0.6 is 0 Å². The summed E-state index contributed by atoms with van der Waals surface area (Å²) >= 11 is 0. The number of hydrogen-bond acceptors (Lipinski definition) is 6. The van der Waals surface area contributed by atoms with Gasteiger partial charge < -0.3 is 13.6 Å². The van der Waals surface area contributed by atoms with E-state index in [1.165, 1.54) is 0 Å². The van der Waals surface area contributed by atoms with Gasteiger partial charge in [0.2, 0.25) is 0 Å². The molecule has 0 saturated carbocycles. The molecule has 7 nitrogen and oxygen atoms in total. The zero-order valence-corrected chi connectivity index (χ0v) is 24.8. The summed E-state index contributed by atoms with van der Waals surface area (Å²) in [7, 11) is 1.92. The molecule has 0 unspecified atom stereocenters. The van der Waals surface area contributed by atoms with Crippen LogP contribution in [-0.2, 0) is 7.05 Å². The van der Waals surface area contributed by atoms with Gasteiger partial charge in [-0.15, -0.1) is 0 Å². The standard InChI is InChI=1S/C39H26N4O3/c1-42-20-18-31(41-42)30-21-26(23-35-38(30)28-13-5-7-15-33(28)45-35)44-27-22-32(39-29-14-6-8-16-34(29)46-36(39)24-27)43(25-11-3-2-4-12-25)37-17-9-10-19-40-37/h2-24H,1H3. The summed E-state index contributed by atoms with van der Waals surface area (Å²) < 4.78 is 21.3. The van der Waals surface area contributed by atoms with E-state index in [1.54, 1.807) is 10.9 Å². The summed E-state index contributed by atoms with van der Waals surface area (Å²) in [5.41, 5.74) is 6.66. The lowest BCUT2D eigenvalue weighted by atomic mass is 10.0. The number of fused-ring (bicyclic) bond motifs is 6. The van der Waals surface area contributed by atoms with E-state index >= 15 is 0 Å². The molecule has 0 N–H and O–H groups in total. The van der Waals surface area contributed by atoms with Crippen LogP contribution in [0, 0.1) is 0 Å². The van der Waals surface area contributed by atoms with E-state index in [4.69, 9.17) is 23.7 Å². The molecule has 0 aliphatic carbocycles. The monoisotopic (exact) mass is 598 g/mol. The first kappa shape index (κ1) is 26.1. The first-order chi connectivity index (χ1) is 22.7. The Kier molecular flexibility index (Phi) is 5.89. The van der Waals surface area contributed by atoms with Crippen molar-refractivity contribution in [3.8, 4) is 22.8 Å². The second-order valence-electron chi connectivity index (χ2n) is 11.2. The molecule has 0 aliphatic rings. The Labute approximate surface area is 263 Å². The fourth-order valence-corrected chi connectivity index (χ4v) is 6.29. The first-order valence-electron chi connectivity index (χ1n) is 15.0. The molecule has 5 aromatic carbocycles. The zero-order chi connectivity index (χ0) is 30.6. The number of ether oxygens (including phenoxy) is 1. The van der Waals surface area contributed by atoms with Gasteiger partial charge in [-0.2, -0.15) is 5.10 Å². The Bertz CT molecular complexity index is 2490. The molecule has 0 radical (unpaired) electrons. The molecule has 4 heterocycles. The summed E-state index contributed by atoms with van der Waals surface area (Å²) in [5, 5.41) is 8.74. The molecule has 0 spiro atoms. The lowest BCUT2D eigenvalue weighted by molar-refractivity contribution is 0.482. The van der Waals surface area contributed by atoms with E-state index in [-0.39, 0.29) is 0 Å². The quantitative estimate of drug-likeness (QED) is 0.190. The van der Waals surface area contributed by atoms with Crippen molar-refractivity contribution in [2.45, 2.75) is 0 Å². The number of aromatic nitrogens is 3. The van der Waals surface area contributed by atoms with E-state index in [0.717, 1.165) is 66.7 Å². The maximum absolute atomic E-state index is 6.72. The molecule has 0 amide bonds. The van der Waals surface area contributed by atoms with Gasteiger partial charge in [0.25, 0.3) is 0 Å². The minimum Gasteiger partial charge on any atom is -0.457 e. The Morgan fingerprint density at radius 1 is 0.630 bits per heavy atom. The third-order valence-corrected chi connectivity index (χ3v) is 8.24. The summed E-state index contributed by atoms with van der Waals surface area (Å²) in [5.74, 6) is 2.01. The second kappa shape index (κ2) is 10.4. The van der Waals surface area contributed by atoms with E-state index < -0.39 is 0 Å². The summed E-state index contributed by atoms with van der Waals surface area (Å²) in [6.07, 6.45) is 3.74. The normalized spacial score (nSPS) is 11.6. The van der Waals surface area contributed by atoms with Crippen LogP contribution in [0.25, 0.3) is 55.1 Å². The number of anilines is 3. The van der Waals surface area contributed by atoms with Gasteiger partial charge in [0.05, 0.1) is 16.8 Å². The van der Waals surface area contributed by atoms with Crippen LogP contribution in [0.4, 0.5) is 17.2 Å². The van der Waals surface area contributed by atoms with Gasteiger partial charge in [-0.05, 0) is 48.5 Å². The summed E-state index contributed by atoms with van der Waals surface area (Å²) in [4.78, 5) is 6.89. The van der Waals surface area contributed by atoms with Crippen molar-refractivity contribution >= 4 is 61.1 Å². The fraction of sp³-hybridized carbons (Fsp3) is 0.0256. The van der Waals surface area contributed by atoms with Gasteiger partial charge in [0.15, 0.2) is 0 Å². The van der Waals surface area contributed by atoms with Crippen molar-refractivity contribution in [3.05, 3.63) is 140 Å². The number of nitrogens with zero attached hydrogens (tertiary/aromatic N) is 4. The van der Waals surface area contributed by atoms with Gasteiger partial charge >= 0.3 is 0 Å². The SMILES string of the molecule is Cn1ccc(-c2cc(Oc3cc(N(c4ccccc4)c4ccccn4)c4c(c3)oc3ccccc34)cc3oc4ccccc4c23)n1. The highest BCUT2D eigenvalue weighted by atomic mass is 16.5. The van der Waals surface area contributed by atoms with Crippen LogP contribution in [0.3, 0.4) is 0 Å². The van der Waals surface area contributed by atoms with Crippen molar-refractivity contribution < 1.29 is 13.6 Å². The number of furan rings is 2. The first-order valence-corrected chi connectivity index (χ1v) is 15.0. The molecule has 9 rings (SSSR count). The van der Waals surface area contributed by atoms with E-state index in [2.05, 4.69) is 35.2 Å². The van der Waals surface area contributed by atoms with Crippen molar-refractivity contribution in [1.82, 2.24) is 14.8 Å². The highest BCUT2D eigenvalue weighted by Gasteiger charge is 2.23. The lowest BCUT2D eigenvalue weighted by Gasteiger charge is -2.25. The maximum atomic E-state index is 6.72. The van der Waals surface area contributed by atoms with Crippen LogP contribution in [0.1, 0.15) is 0 Å². The summed E-state index contributed by atoms with van der Waals surface area (Å²) in [6, 6.07) is 42.2. The predicted molar refractivity (Wildman–Crippen MR) is 182 cm³/mol. The molecule has 46 heavy (non-hydrogen) atoms. The van der Waals surface area contributed by atoms with Gasteiger partial charge in [-0.25, -0.2) is 4.98 Å². The average Bonchev–Trinajstić information content (AvgIpc) is 3.80. The smallest absolute Gasteiger partial charge is 0.141 e. The second-order valence-corrected chi connectivity index (χ2v) is 11.2. The number of hydrogen-bond donors (Lipinski definition) is 0. The molecule has 220 valence electrons. The molecule has 0 atom stereocenters. The molecular weight excluding hydrogens is 572 g/mol. The Balaban J connectivity index is 1.27. The van der Waals surface area contributed by atoms with Gasteiger partial charge in [-0.1, -0.05) is 60.7 Å². The van der Waals surface area contributed by atoms with Crippen LogP contribution in [-0.4, -0.2) is 14.8 Å². The Morgan fingerprint density at radius 2 is 1.28 bits per heavy atom. The lowest BCUT2D eigenvalue weighted by Crippen LogP contribution is -2.11. The molecule has 7 heteroatoms. The maximum Gasteiger partial charge on any atom is 0.141 e. The minimum atomic E-state index is 0.612. The topological polar surface area (TPSA) is 69.5 Å². The molecule has 0 aliphatic heterocycles. The van der Waals surface area contributed by atoms with Crippen LogP contribution < -0.4 is 9.64 Å².